The second kappa shape index (κ2) is 4.14. The van der Waals surface area contributed by atoms with E-state index in [4.69, 9.17) is 10.5 Å². The molecule has 0 aliphatic heterocycles. The van der Waals surface area contributed by atoms with Crippen LogP contribution in [0.5, 0.6) is 5.75 Å². The third-order valence-corrected chi connectivity index (χ3v) is 2.18. The molecule has 0 amide bonds. The molecule has 0 saturated heterocycles. The molecule has 0 radical (unpaired) electrons. The predicted octanol–water partition coefficient (Wildman–Crippen LogP) is 1.44. The lowest BCUT2D eigenvalue weighted by Gasteiger charge is -2.08. The molecule has 82 valence electrons. The minimum Gasteiger partial charge on any atom is -0.491 e. The van der Waals surface area contributed by atoms with Crippen LogP contribution in [0.25, 0.3) is 11.3 Å². The lowest BCUT2D eigenvalue weighted by atomic mass is 10.1. The minimum absolute atomic E-state index is 0.328. The number of hydrogen-bond acceptors (Lipinski definition) is 5. The second-order valence-electron chi connectivity index (χ2n) is 3.39. The van der Waals surface area contributed by atoms with E-state index in [9.17, 15) is 0 Å². The van der Waals surface area contributed by atoms with Crippen molar-refractivity contribution in [3.05, 3.63) is 30.4 Å². The number of nitrogens with two attached hydrogens (primary N) is 1. The number of aromatic nitrogens is 3. The van der Waals surface area contributed by atoms with Gasteiger partial charge in [-0.2, -0.15) is 0 Å². The molecule has 0 aliphatic rings. The molecule has 2 rings (SSSR count). The van der Waals surface area contributed by atoms with Crippen molar-refractivity contribution in [2.75, 3.05) is 12.8 Å². The number of ether oxygens (including phenoxy) is 1. The molecule has 0 aliphatic carbocycles. The zero-order chi connectivity index (χ0) is 11.5. The van der Waals surface area contributed by atoms with Gasteiger partial charge in [-0.15, -0.1) is 0 Å². The van der Waals surface area contributed by atoms with Crippen LogP contribution in [0.3, 0.4) is 0 Å². The molecule has 0 spiro atoms. The topological polar surface area (TPSA) is 73.9 Å². The zero-order valence-corrected chi connectivity index (χ0v) is 9.14. The summed E-state index contributed by atoms with van der Waals surface area (Å²) in [5.74, 6) is 0.809. The minimum atomic E-state index is 0.328. The van der Waals surface area contributed by atoms with E-state index in [1.165, 1.54) is 6.33 Å². The molecule has 2 N–H and O–H groups in total. The second-order valence-corrected chi connectivity index (χ2v) is 3.39. The Morgan fingerprint density at radius 2 is 2.06 bits per heavy atom. The molecule has 0 bridgehead atoms. The number of nitrogens with zero attached hydrogens (tertiary/aromatic N) is 3. The largest absolute Gasteiger partial charge is 0.491 e. The van der Waals surface area contributed by atoms with Gasteiger partial charge in [0.05, 0.1) is 7.11 Å². The maximum Gasteiger partial charge on any atom is 0.187 e. The first-order valence-corrected chi connectivity index (χ1v) is 4.79. The molecule has 16 heavy (non-hydrogen) atoms. The van der Waals surface area contributed by atoms with Gasteiger partial charge in [0.25, 0.3) is 0 Å². The van der Waals surface area contributed by atoms with E-state index in [-0.39, 0.29) is 0 Å². The van der Waals surface area contributed by atoms with Crippen LogP contribution < -0.4 is 10.5 Å². The Labute approximate surface area is 93.3 Å². The van der Waals surface area contributed by atoms with Gasteiger partial charge < -0.3 is 10.5 Å². The summed E-state index contributed by atoms with van der Waals surface area (Å²) >= 11 is 0. The van der Waals surface area contributed by atoms with Gasteiger partial charge in [0, 0.05) is 18.0 Å². The SMILES string of the molecule is COc1c(N)ncnc1-c1cncc(C)c1. The summed E-state index contributed by atoms with van der Waals surface area (Å²) in [4.78, 5) is 12.2. The number of rotatable bonds is 2. The van der Waals surface area contributed by atoms with Crippen molar-refractivity contribution < 1.29 is 4.74 Å². The molecule has 0 saturated carbocycles. The Hall–Kier alpha value is -2.17. The highest BCUT2D eigenvalue weighted by molar-refractivity contribution is 5.71. The summed E-state index contributed by atoms with van der Waals surface area (Å²) in [5, 5.41) is 0. The molecular formula is C11H12N4O. The first-order valence-electron chi connectivity index (χ1n) is 4.79. The molecule has 0 fully saturated rings. The van der Waals surface area contributed by atoms with Gasteiger partial charge in [0.15, 0.2) is 11.6 Å². The van der Waals surface area contributed by atoms with E-state index in [2.05, 4.69) is 15.0 Å². The lowest BCUT2D eigenvalue weighted by molar-refractivity contribution is 0.415. The molecule has 2 heterocycles. The van der Waals surface area contributed by atoms with E-state index >= 15 is 0 Å². The third-order valence-electron chi connectivity index (χ3n) is 2.18. The van der Waals surface area contributed by atoms with Gasteiger partial charge in [-0.1, -0.05) is 0 Å². The van der Waals surface area contributed by atoms with Gasteiger partial charge in [-0.05, 0) is 18.6 Å². The Balaban J connectivity index is 2.60. The molecule has 5 heteroatoms. The van der Waals surface area contributed by atoms with E-state index in [0.717, 1.165) is 11.1 Å². The first-order chi connectivity index (χ1) is 7.72. The highest BCUT2D eigenvalue weighted by Crippen LogP contribution is 2.30. The van der Waals surface area contributed by atoms with E-state index in [1.54, 1.807) is 19.5 Å². The summed E-state index contributed by atoms with van der Waals surface area (Å²) < 4.78 is 5.19. The van der Waals surface area contributed by atoms with Gasteiger partial charge in [-0.25, -0.2) is 9.97 Å². The van der Waals surface area contributed by atoms with Crippen LogP contribution in [0.2, 0.25) is 0 Å². The monoisotopic (exact) mass is 216 g/mol. The molecule has 2 aromatic heterocycles. The lowest BCUT2D eigenvalue weighted by Crippen LogP contribution is -2.00. The van der Waals surface area contributed by atoms with Gasteiger partial charge in [0.2, 0.25) is 0 Å². The Morgan fingerprint density at radius 3 is 2.75 bits per heavy atom. The van der Waals surface area contributed by atoms with Crippen molar-refractivity contribution in [2.45, 2.75) is 6.92 Å². The average Bonchev–Trinajstić information content (AvgIpc) is 2.28. The maximum absolute atomic E-state index is 5.71. The fraction of sp³-hybridized carbons (Fsp3) is 0.182. The molecular weight excluding hydrogens is 204 g/mol. The van der Waals surface area contributed by atoms with Gasteiger partial charge in [0.1, 0.15) is 12.0 Å². The summed E-state index contributed by atoms with van der Waals surface area (Å²) in [6.07, 6.45) is 4.91. The van der Waals surface area contributed by atoms with Crippen molar-refractivity contribution in [3.8, 4) is 17.0 Å². The fourth-order valence-corrected chi connectivity index (χ4v) is 1.48. The van der Waals surface area contributed by atoms with Gasteiger partial charge >= 0.3 is 0 Å². The highest BCUT2D eigenvalue weighted by Gasteiger charge is 2.11. The summed E-state index contributed by atoms with van der Waals surface area (Å²) in [6, 6.07) is 1.97. The highest BCUT2D eigenvalue weighted by atomic mass is 16.5. The number of aryl methyl sites for hydroxylation is 1. The summed E-state index contributed by atoms with van der Waals surface area (Å²) in [7, 11) is 1.54. The number of anilines is 1. The number of hydrogen-bond donors (Lipinski definition) is 1. The predicted molar refractivity (Wildman–Crippen MR) is 61.0 cm³/mol. The van der Waals surface area contributed by atoms with Crippen LogP contribution in [-0.4, -0.2) is 22.1 Å². The zero-order valence-electron chi connectivity index (χ0n) is 9.14. The van der Waals surface area contributed by atoms with Crippen molar-refractivity contribution in [3.63, 3.8) is 0 Å². The summed E-state index contributed by atoms with van der Waals surface area (Å²) in [6.45, 7) is 1.97. The van der Waals surface area contributed by atoms with E-state index < -0.39 is 0 Å². The third kappa shape index (κ3) is 1.79. The van der Waals surface area contributed by atoms with Crippen LogP contribution in [-0.2, 0) is 0 Å². The standard InChI is InChI=1S/C11H12N4O/c1-7-3-8(5-13-4-7)9-10(16-2)11(12)15-6-14-9/h3-6H,1-2H3,(H2,12,14,15). The van der Waals surface area contributed by atoms with Crippen LogP contribution in [0.1, 0.15) is 5.56 Å². The van der Waals surface area contributed by atoms with Crippen LogP contribution >= 0.6 is 0 Å². The smallest absolute Gasteiger partial charge is 0.187 e. The van der Waals surface area contributed by atoms with Crippen LogP contribution in [0, 0.1) is 6.92 Å². The number of nitrogen functional groups attached to an aromatic ring is 1. The molecule has 2 aromatic rings. The number of pyridine rings is 1. The maximum atomic E-state index is 5.71. The van der Waals surface area contributed by atoms with Crippen LogP contribution in [0.4, 0.5) is 5.82 Å². The molecule has 0 unspecified atom stereocenters. The first kappa shape index (κ1) is 10.4. The van der Waals surface area contributed by atoms with Crippen LogP contribution in [0.15, 0.2) is 24.8 Å². The van der Waals surface area contributed by atoms with Crippen molar-refractivity contribution in [1.29, 1.82) is 0 Å². The Kier molecular flexibility index (Phi) is 2.68. The van der Waals surface area contributed by atoms with Crippen molar-refractivity contribution in [1.82, 2.24) is 15.0 Å². The van der Waals surface area contributed by atoms with Crippen molar-refractivity contribution >= 4 is 5.82 Å². The van der Waals surface area contributed by atoms with Crippen molar-refractivity contribution in [2.24, 2.45) is 0 Å². The molecule has 0 atom stereocenters. The van der Waals surface area contributed by atoms with E-state index in [0.29, 0.717) is 17.3 Å². The summed E-state index contributed by atoms with van der Waals surface area (Å²) in [5.41, 5.74) is 8.29. The molecule has 5 nitrogen and oxygen atoms in total. The van der Waals surface area contributed by atoms with Gasteiger partial charge in [-0.3, -0.25) is 4.98 Å². The Bertz CT molecular complexity index is 513. The normalized spacial score (nSPS) is 10.1. The van der Waals surface area contributed by atoms with E-state index in [1.807, 2.05) is 13.0 Å². The molecule has 0 aromatic carbocycles. The number of methoxy groups -OCH3 is 1. The Morgan fingerprint density at radius 1 is 1.25 bits per heavy atom. The quantitative estimate of drug-likeness (QED) is 0.822. The average molecular weight is 216 g/mol. The fourth-order valence-electron chi connectivity index (χ4n) is 1.48.